The second-order valence-corrected chi connectivity index (χ2v) is 3.36. The van der Waals surface area contributed by atoms with Gasteiger partial charge in [0.2, 0.25) is 0 Å². The third-order valence-electron chi connectivity index (χ3n) is 1.65. The van der Waals surface area contributed by atoms with Crippen molar-refractivity contribution < 1.29 is 18.7 Å². The van der Waals surface area contributed by atoms with E-state index in [1.165, 1.54) is 0 Å². The van der Waals surface area contributed by atoms with Gasteiger partial charge in [0.25, 0.3) is 5.92 Å². The second-order valence-electron chi connectivity index (χ2n) is 2.92. The molecule has 1 aromatic carbocycles. The van der Waals surface area contributed by atoms with Gasteiger partial charge in [-0.2, -0.15) is 0 Å². The van der Waals surface area contributed by atoms with E-state index in [0.717, 1.165) is 18.2 Å². The van der Waals surface area contributed by atoms with Crippen LogP contribution in [0.2, 0.25) is 5.02 Å². The van der Waals surface area contributed by atoms with Gasteiger partial charge in [-0.05, 0) is 18.2 Å². The molecule has 0 saturated carbocycles. The number of benzene rings is 1. The Morgan fingerprint density at radius 2 is 2.00 bits per heavy atom. The van der Waals surface area contributed by atoms with Gasteiger partial charge in [0.05, 0.1) is 5.56 Å². The van der Waals surface area contributed by atoms with Crippen molar-refractivity contribution in [2.24, 2.45) is 0 Å². The maximum Gasteiger partial charge on any atom is 0.335 e. The van der Waals surface area contributed by atoms with E-state index in [9.17, 15) is 13.6 Å². The van der Waals surface area contributed by atoms with Crippen LogP contribution in [0.25, 0.3) is 0 Å². The Morgan fingerprint density at radius 3 is 2.43 bits per heavy atom. The normalized spacial score (nSPS) is 11.4. The first-order chi connectivity index (χ1) is 6.30. The van der Waals surface area contributed by atoms with E-state index in [4.69, 9.17) is 16.7 Å². The predicted molar refractivity (Wildman–Crippen MR) is 48.0 cm³/mol. The zero-order valence-corrected chi connectivity index (χ0v) is 7.98. The maximum absolute atomic E-state index is 12.8. The molecule has 0 heterocycles. The molecule has 0 bridgehead atoms. The standard InChI is InChI=1S/C9H7ClF2O2/c1-9(11,12)6-2-5(8(13)14)3-7(10)4-6/h2-4H,1H3,(H,13,14). The first-order valence-corrected chi connectivity index (χ1v) is 4.10. The third kappa shape index (κ3) is 2.42. The molecule has 1 N–H and O–H groups in total. The van der Waals surface area contributed by atoms with Crippen LogP contribution in [-0.4, -0.2) is 11.1 Å². The third-order valence-corrected chi connectivity index (χ3v) is 1.87. The number of carboxylic acid groups (broad SMARTS) is 1. The number of halogens is 3. The van der Waals surface area contributed by atoms with Gasteiger partial charge in [0, 0.05) is 17.5 Å². The van der Waals surface area contributed by atoms with Crippen LogP contribution in [0.1, 0.15) is 22.8 Å². The Hall–Kier alpha value is -1.16. The van der Waals surface area contributed by atoms with Crippen molar-refractivity contribution in [3.05, 3.63) is 34.3 Å². The highest BCUT2D eigenvalue weighted by Crippen LogP contribution is 2.29. The van der Waals surface area contributed by atoms with Gasteiger partial charge < -0.3 is 5.11 Å². The van der Waals surface area contributed by atoms with Crippen LogP contribution < -0.4 is 0 Å². The van der Waals surface area contributed by atoms with E-state index in [-0.39, 0.29) is 10.6 Å². The summed E-state index contributed by atoms with van der Waals surface area (Å²) < 4.78 is 25.7. The summed E-state index contributed by atoms with van der Waals surface area (Å²) in [5, 5.41) is 8.58. The molecule has 0 aliphatic heterocycles. The minimum absolute atomic E-state index is 0.0126. The molecule has 0 saturated heterocycles. The number of rotatable bonds is 2. The largest absolute Gasteiger partial charge is 0.478 e. The first kappa shape index (κ1) is 10.9. The van der Waals surface area contributed by atoms with E-state index < -0.39 is 17.5 Å². The highest BCUT2D eigenvalue weighted by Gasteiger charge is 2.25. The summed E-state index contributed by atoms with van der Waals surface area (Å²) >= 11 is 5.50. The molecule has 0 unspecified atom stereocenters. The summed E-state index contributed by atoms with van der Waals surface area (Å²) in [6, 6.07) is 3.08. The van der Waals surface area contributed by atoms with Crippen LogP contribution in [0.3, 0.4) is 0 Å². The average molecular weight is 221 g/mol. The van der Waals surface area contributed by atoms with E-state index in [2.05, 4.69) is 0 Å². The van der Waals surface area contributed by atoms with E-state index in [0.29, 0.717) is 6.92 Å². The van der Waals surface area contributed by atoms with Crippen molar-refractivity contribution in [1.29, 1.82) is 0 Å². The van der Waals surface area contributed by atoms with Gasteiger partial charge in [-0.25, -0.2) is 13.6 Å². The molecule has 1 aromatic rings. The lowest BCUT2D eigenvalue weighted by atomic mass is 10.1. The average Bonchev–Trinajstić information content (AvgIpc) is 2.01. The summed E-state index contributed by atoms with van der Waals surface area (Å²) in [4.78, 5) is 10.5. The maximum atomic E-state index is 12.8. The van der Waals surface area contributed by atoms with Crippen LogP contribution in [0.15, 0.2) is 18.2 Å². The lowest BCUT2D eigenvalue weighted by molar-refractivity contribution is 0.0174. The summed E-state index contributed by atoms with van der Waals surface area (Å²) in [7, 11) is 0. The fourth-order valence-corrected chi connectivity index (χ4v) is 1.20. The molecular formula is C9H7ClF2O2. The van der Waals surface area contributed by atoms with Crippen molar-refractivity contribution in [2.75, 3.05) is 0 Å². The van der Waals surface area contributed by atoms with Gasteiger partial charge in [0.15, 0.2) is 0 Å². The van der Waals surface area contributed by atoms with Crippen molar-refractivity contribution >= 4 is 17.6 Å². The highest BCUT2D eigenvalue weighted by molar-refractivity contribution is 6.31. The van der Waals surface area contributed by atoms with Crippen LogP contribution in [0, 0.1) is 0 Å². The molecule has 0 spiro atoms. The number of carboxylic acids is 1. The molecule has 1 rings (SSSR count). The number of carbonyl (C=O) groups is 1. The molecule has 0 aliphatic carbocycles. The fraction of sp³-hybridized carbons (Fsp3) is 0.222. The predicted octanol–water partition coefficient (Wildman–Crippen LogP) is 3.15. The van der Waals surface area contributed by atoms with E-state index in [1.54, 1.807) is 0 Å². The summed E-state index contributed by atoms with van der Waals surface area (Å²) in [6.07, 6.45) is 0. The Balaban J connectivity index is 3.28. The summed E-state index contributed by atoms with van der Waals surface area (Å²) in [6.45, 7) is 0.685. The Kier molecular flexibility index (Phi) is 2.76. The summed E-state index contributed by atoms with van der Waals surface area (Å²) in [5.74, 6) is -4.37. The molecule has 0 aromatic heterocycles. The number of hydrogen-bond acceptors (Lipinski definition) is 1. The van der Waals surface area contributed by atoms with Crippen molar-refractivity contribution in [1.82, 2.24) is 0 Å². The topological polar surface area (TPSA) is 37.3 Å². The lowest BCUT2D eigenvalue weighted by Crippen LogP contribution is -2.09. The van der Waals surface area contributed by atoms with Gasteiger partial charge in [-0.3, -0.25) is 0 Å². The highest BCUT2D eigenvalue weighted by atomic mass is 35.5. The monoisotopic (exact) mass is 220 g/mol. The first-order valence-electron chi connectivity index (χ1n) is 3.73. The Morgan fingerprint density at radius 1 is 1.43 bits per heavy atom. The Bertz CT molecular complexity index is 372. The molecule has 0 atom stereocenters. The zero-order chi connectivity index (χ0) is 10.9. The molecule has 0 fully saturated rings. The number of aromatic carboxylic acids is 1. The van der Waals surface area contributed by atoms with Crippen LogP contribution >= 0.6 is 11.6 Å². The molecule has 0 radical (unpaired) electrons. The molecule has 2 nitrogen and oxygen atoms in total. The number of alkyl halides is 2. The lowest BCUT2D eigenvalue weighted by Gasteiger charge is -2.11. The fourth-order valence-electron chi connectivity index (χ4n) is 0.967. The molecule has 76 valence electrons. The minimum atomic E-state index is -3.09. The van der Waals surface area contributed by atoms with Crippen LogP contribution in [-0.2, 0) is 5.92 Å². The van der Waals surface area contributed by atoms with Crippen molar-refractivity contribution in [3.63, 3.8) is 0 Å². The van der Waals surface area contributed by atoms with Crippen molar-refractivity contribution in [3.8, 4) is 0 Å². The van der Waals surface area contributed by atoms with E-state index in [1.807, 2.05) is 0 Å². The van der Waals surface area contributed by atoms with E-state index >= 15 is 0 Å². The molecule has 5 heteroatoms. The van der Waals surface area contributed by atoms with Crippen LogP contribution in [0.5, 0.6) is 0 Å². The van der Waals surface area contributed by atoms with Gasteiger partial charge in [-0.1, -0.05) is 11.6 Å². The number of hydrogen-bond donors (Lipinski definition) is 1. The smallest absolute Gasteiger partial charge is 0.335 e. The quantitative estimate of drug-likeness (QED) is 0.831. The van der Waals surface area contributed by atoms with Gasteiger partial charge in [0.1, 0.15) is 0 Å². The summed E-state index contributed by atoms with van der Waals surface area (Å²) in [5.41, 5.74) is -0.642. The van der Waals surface area contributed by atoms with Gasteiger partial charge >= 0.3 is 5.97 Å². The Labute approximate surface area is 84.1 Å². The van der Waals surface area contributed by atoms with Gasteiger partial charge in [-0.15, -0.1) is 0 Å². The van der Waals surface area contributed by atoms with Crippen molar-refractivity contribution in [2.45, 2.75) is 12.8 Å². The van der Waals surface area contributed by atoms with Crippen LogP contribution in [0.4, 0.5) is 8.78 Å². The second kappa shape index (κ2) is 3.53. The molecule has 0 amide bonds. The minimum Gasteiger partial charge on any atom is -0.478 e. The molecular weight excluding hydrogens is 214 g/mol. The zero-order valence-electron chi connectivity index (χ0n) is 7.22. The SMILES string of the molecule is CC(F)(F)c1cc(Cl)cc(C(=O)O)c1. The molecule has 14 heavy (non-hydrogen) atoms. The molecule has 0 aliphatic rings.